The van der Waals surface area contributed by atoms with E-state index in [2.05, 4.69) is 23.0 Å². The number of benzene rings is 1. The molecule has 5 heteroatoms. The molecule has 1 amide bonds. The largest absolute Gasteiger partial charge is 0.465 e. The van der Waals surface area contributed by atoms with E-state index >= 15 is 0 Å². The van der Waals surface area contributed by atoms with Crippen molar-refractivity contribution in [2.45, 2.75) is 51.6 Å². The quantitative estimate of drug-likeness (QED) is 0.747. The van der Waals surface area contributed by atoms with Crippen molar-refractivity contribution in [3.63, 3.8) is 0 Å². The van der Waals surface area contributed by atoms with Crippen molar-refractivity contribution >= 4 is 11.6 Å². The molecule has 1 aromatic carbocycles. The molecule has 1 aromatic rings. The molecule has 1 saturated heterocycles. The maximum Gasteiger partial charge on any atom is 0.268 e. The van der Waals surface area contributed by atoms with Gasteiger partial charge in [-0.1, -0.05) is 19.1 Å². The van der Waals surface area contributed by atoms with Crippen molar-refractivity contribution in [2.75, 3.05) is 18.9 Å². The Kier molecular flexibility index (Phi) is 2.78. The van der Waals surface area contributed by atoms with E-state index in [1.807, 2.05) is 32.0 Å². The number of carbonyl (C=O) groups is 1. The number of rotatable bonds is 5. The Morgan fingerprint density at radius 1 is 1.15 bits per heavy atom. The first-order valence-corrected chi connectivity index (χ1v) is 10.2. The number of hydrazine groups is 1. The highest BCUT2D eigenvalue weighted by Crippen LogP contribution is 2.93. The van der Waals surface area contributed by atoms with Gasteiger partial charge >= 0.3 is 0 Å². The minimum absolute atomic E-state index is 0.205. The first-order valence-electron chi connectivity index (χ1n) is 10.2. The van der Waals surface area contributed by atoms with E-state index in [0.29, 0.717) is 28.7 Å². The molecule has 6 rings (SSSR count). The minimum Gasteiger partial charge on any atom is -0.465 e. The molecule has 1 heterocycles. The molecule has 0 bridgehead atoms. The molecule has 27 heavy (non-hydrogen) atoms. The predicted octanol–water partition coefficient (Wildman–Crippen LogP) is 3.45. The van der Waals surface area contributed by atoms with Crippen molar-refractivity contribution < 1.29 is 14.3 Å². The lowest BCUT2D eigenvalue weighted by molar-refractivity contribution is -0.451. The van der Waals surface area contributed by atoms with Crippen molar-refractivity contribution in [3.8, 4) is 5.75 Å². The lowest BCUT2D eigenvalue weighted by Gasteiger charge is -2.94. The summed E-state index contributed by atoms with van der Waals surface area (Å²) in [4.78, 5) is 13.2. The number of carbonyl (C=O) groups excluding carboxylic acids is 1. The summed E-state index contributed by atoms with van der Waals surface area (Å²) in [6.07, 6.45) is 4.03. The van der Waals surface area contributed by atoms with Gasteiger partial charge in [0.15, 0.2) is 6.79 Å². The smallest absolute Gasteiger partial charge is 0.268 e. The van der Waals surface area contributed by atoms with Crippen LogP contribution >= 0.6 is 0 Å². The molecule has 5 unspecified atom stereocenters. The zero-order chi connectivity index (χ0) is 18.8. The Morgan fingerprint density at radius 3 is 2.59 bits per heavy atom. The molecule has 144 valence electrons. The van der Waals surface area contributed by atoms with Crippen LogP contribution in [-0.4, -0.2) is 36.4 Å². The van der Waals surface area contributed by atoms with E-state index in [-0.39, 0.29) is 12.7 Å². The topological polar surface area (TPSA) is 42.0 Å². The van der Waals surface area contributed by atoms with Crippen LogP contribution in [0.15, 0.2) is 24.3 Å². The number of nitrogens with zero attached hydrogens (tertiary/aromatic N) is 2. The number of ether oxygens (including phenoxy) is 2. The molecule has 6 atom stereocenters. The maximum atomic E-state index is 13.2. The third-order valence-electron chi connectivity index (χ3n) is 8.86. The molecular weight excluding hydrogens is 340 g/mol. The molecule has 5 nitrogen and oxygen atoms in total. The average molecular weight is 368 g/mol. The van der Waals surface area contributed by atoms with Gasteiger partial charge in [0.1, 0.15) is 17.0 Å². The highest BCUT2D eigenvalue weighted by Gasteiger charge is 2.91. The van der Waals surface area contributed by atoms with Crippen LogP contribution in [0.3, 0.4) is 0 Å². The second-order valence-corrected chi connectivity index (χ2v) is 10.1. The van der Waals surface area contributed by atoms with Gasteiger partial charge in [0.05, 0.1) is 6.04 Å². The third-order valence-corrected chi connectivity index (χ3v) is 8.86. The molecule has 0 radical (unpaired) electrons. The number of anilines is 1. The van der Waals surface area contributed by atoms with Gasteiger partial charge in [-0.15, -0.1) is 0 Å². The van der Waals surface area contributed by atoms with Crippen LogP contribution in [0.5, 0.6) is 5.75 Å². The Balaban J connectivity index is 1.34. The third kappa shape index (κ3) is 1.47. The predicted molar refractivity (Wildman–Crippen MR) is 101 cm³/mol. The van der Waals surface area contributed by atoms with Crippen LogP contribution in [0.2, 0.25) is 0 Å². The van der Waals surface area contributed by atoms with Crippen LogP contribution in [0.25, 0.3) is 0 Å². The highest BCUT2D eigenvalue weighted by molar-refractivity contribution is 5.98. The van der Waals surface area contributed by atoms with Gasteiger partial charge in [0, 0.05) is 7.11 Å². The van der Waals surface area contributed by atoms with E-state index < -0.39 is 5.54 Å². The van der Waals surface area contributed by atoms with E-state index in [1.165, 1.54) is 19.3 Å². The summed E-state index contributed by atoms with van der Waals surface area (Å²) >= 11 is 0. The van der Waals surface area contributed by atoms with Crippen LogP contribution in [-0.2, 0) is 9.53 Å². The van der Waals surface area contributed by atoms with Crippen molar-refractivity contribution in [1.29, 1.82) is 0 Å². The lowest BCUT2D eigenvalue weighted by Crippen LogP contribution is -2.95. The Hall–Kier alpha value is -1.75. The molecule has 4 aliphatic carbocycles. The highest BCUT2D eigenvalue weighted by atomic mass is 16.7. The Bertz CT molecular complexity index is 846. The minimum atomic E-state index is -0.537. The van der Waals surface area contributed by atoms with Gasteiger partial charge in [-0.05, 0) is 73.8 Å². The van der Waals surface area contributed by atoms with Crippen molar-refractivity contribution in [1.82, 2.24) is 5.01 Å². The lowest BCUT2D eigenvalue weighted by atomic mass is 9.12. The molecule has 1 spiro atoms. The van der Waals surface area contributed by atoms with Gasteiger partial charge in [-0.3, -0.25) is 9.80 Å². The monoisotopic (exact) mass is 368 g/mol. The summed E-state index contributed by atoms with van der Waals surface area (Å²) in [7, 11) is 1.62. The van der Waals surface area contributed by atoms with Crippen LogP contribution in [0.4, 0.5) is 5.69 Å². The average Bonchev–Trinajstić information content (AvgIpc) is 2.61. The zero-order valence-electron chi connectivity index (χ0n) is 16.6. The van der Waals surface area contributed by atoms with E-state index in [1.54, 1.807) is 7.11 Å². The molecule has 0 aromatic heterocycles. The number of hydrogen-bond donors (Lipinski definition) is 0. The normalized spacial score (nSPS) is 44.7. The summed E-state index contributed by atoms with van der Waals surface area (Å²) in [5.74, 6) is 3.37. The Morgan fingerprint density at radius 2 is 1.93 bits per heavy atom. The Labute approximate surface area is 160 Å². The van der Waals surface area contributed by atoms with Crippen molar-refractivity contribution in [2.24, 2.45) is 28.6 Å². The van der Waals surface area contributed by atoms with E-state index in [4.69, 9.17) is 9.47 Å². The molecule has 5 fully saturated rings. The molecule has 1 aliphatic heterocycles. The summed E-state index contributed by atoms with van der Waals surface area (Å²) < 4.78 is 10.9. The summed E-state index contributed by atoms with van der Waals surface area (Å²) in [6.45, 7) is 6.73. The first-order chi connectivity index (χ1) is 12.9. The van der Waals surface area contributed by atoms with Crippen LogP contribution < -0.4 is 9.75 Å². The van der Waals surface area contributed by atoms with Crippen LogP contribution in [0, 0.1) is 28.6 Å². The molecule has 4 saturated carbocycles. The van der Waals surface area contributed by atoms with E-state index in [9.17, 15) is 4.79 Å². The van der Waals surface area contributed by atoms with Gasteiger partial charge in [0.25, 0.3) is 5.91 Å². The fraction of sp³-hybridized carbons (Fsp3) is 0.682. The number of methoxy groups -OCH3 is 1. The van der Waals surface area contributed by atoms with Crippen LogP contribution in [0.1, 0.15) is 40.0 Å². The molecule has 0 N–H and O–H groups in total. The standard InChI is InChI=1S/C22H28N2O3/c1-20(2)19(25)23(24(20)16-7-5-6-8-17(16)27-12-26-4)18-14-9-13-10-21(3)11-15(18)22(13,14)21/h5-8,13-15,18H,9-12H2,1-4H3/t13?,14?,15?,18?,21-,22?/m0/s1. The SMILES string of the molecule is COCOc1ccccc1N1N(C2C3CC4C[C@@]5(C)CC2C435)C(=O)C1(C)C. The molecule has 5 aliphatic rings. The summed E-state index contributed by atoms with van der Waals surface area (Å²) in [6, 6.07) is 8.37. The maximum absolute atomic E-state index is 13.2. The van der Waals surface area contributed by atoms with Gasteiger partial charge in [0.2, 0.25) is 0 Å². The fourth-order valence-corrected chi connectivity index (χ4v) is 8.01. The van der Waals surface area contributed by atoms with Crippen molar-refractivity contribution in [3.05, 3.63) is 24.3 Å². The second-order valence-electron chi connectivity index (χ2n) is 10.1. The van der Waals surface area contributed by atoms with E-state index in [0.717, 1.165) is 17.4 Å². The number of para-hydroxylation sites is 2. The molecular formula is C22H28N2O3. The first kappa shape index (κ1) is 16.2. The zero-order valence-corrected chi connectivity index (χ0v) is 16.6. The van der Waals surface area contributed by atoms with Gasteiger partial charge in [-0.2, -0.15) is 0 Å². The fourth-order valence-electron chi connectivity index (χ4n) is 8.01. The van der Waals surface area contributed by atoms with Gasteiger partial charge in [-0.25, -0.2) is 5.01 Å². The number of amides is 1. The number of hydrogen-bond acceptors (Lipinski definition) is 4. The summed E-state index contributed by atoms with van der Waals surface area (Å²) in [5.41, 5.74) is 1.60. The van der Waals surface area contributed by atoms with Gasteiger partial charge < -0.3 is 9.47 Å². The second kappa shape index (κ2) is 4.62. The summed E-state index contributed by atoms with van der Waals surface area (Å²) in [5, 5.41) is 4.28.